The van der Waals surface area contributed by atoms with Crippen molar-refractivity contribution in [2.24, 2.45) is 0 Å². The van der Waals surface area contributed by atoms with E-state index in [-0.39, 0.29) is 0 Å². The molecule has 6 nitrogen and oxygen atoms in total. The number of carbonyl (C=O) groups is 1. The molecule has 0 spiro atoms. The van der Waals surface area contributed by atoms with Crippen LogP contribution in [0.25, 0.3) is 0 Å². The maximum absolute atomic E-state index is 10.3. The topological polar surface area (TPSA) is 81.7 Å². The van der Waals surface area contributed by atoms with Crippen LogP contribution in [0, 0.1) is 0 Å². The van der Waals surface area contributed by atoms with E-state index in [2.05, 4.69) is 30.5 Å². The third kappa shape index (κ3) is 4.88. The molecule has 0 bridgehead atoms. The Labute approximate surface area is 70.4 Å². The Balaban J connectivity index is 3.50. The van der Waals surface area contributed by atoms with E-state index < -0.39 is 17.4 Å². The van der Waals surface area contributed by atoms with Gasteiger partial charge in [-0.3, -0.25) is 4.21 Å². The van der Waals surface area contributed by atoms with E-state index >= 15 is 0 Å². The number of hydrogen-bond donors (Lipinski definition) is 3. The lowest BCUT2D eigenvalue weighted by molar-refractivity contribution is 0.120. The average Bonchev–Trinajstić information content (AvgIpc) is 1.82. The van der Waals surface area contributed by atoms with Crippen molar-refractivity contribution < 1.29 is 18.4 Å². The van der Waals surface area contributed by atoms with Crippen molar-refractivity contribution in [1.82, 2.24) is 8.60 Å². The highest BCUT2D eigenvalue weighted by atomic mass is 32.2. The minimum Gasteiger partial charge on any atom is -0.758 e. The summed E-state index contributed by atoms with van der Waals surface area (Å²) in [6.07, 6.45) is -1.05. The summed E-state index contributed by atoms with van der Waals surface area (Å²) in [6, 6.07) is 0. The van der Waals surface area contributed by atoms with Gasteiger partial charge in [0, 0.05) is 0 Å². The zero-order valence-corrected chi connectivity index (χ0v) is 6.99. The first-order chi connectivity index (χ1) is 4.54. The number of nitrogens with one attached hydrogen (secondary N) is 1. The van der Waals surface area contributed by atoms with Gasteiger partial charge in [0.2, 0.25) is 0 Å². The van der Waals surface area contributed by atoms with Crippen LogP contribution in [0.4, 0.5) is 4.79 Å². The molecule has 0 saturated carbocycles. The van der Waals surface area contributed by atoms with Gasteiger partial charge in [-0.1, -0.05) is 4.89 Å². The largest absolute Gasteiger partial charge is 0.758 e. The molecule has 0 aromatic heterocycles. The molecule has 0 radical (unpaired) electrons. The zero-order chi connectivity index (χ0) is 8.15. The van der Waals surface area contributed by atoms with E-state index in [9.17, 15) is 13.6 Å². The molecular formula is CH3N2O4S3-. The average molecular weight is 203 g/mol. The third-order valence-corrected chi connectivity index (χ3v) is 0.906. The predicted molar refractivity (Wildman–Crippen MR) is 38.3 cm³/mol. The van der Waals surface area contributed by atoms with Crippen LogP contribution in [0.2, 0.25) is 0 Å². The van der Waals surface area contributed by atoms with E-state index in [0.717, 1.165) is 0 Å². The Kier molecular flexibility index (Phi) is 4.81. The second-order valence-electron chi connectivity index (χ2n) is 0.975. The fraction of sp³-hybridized carbons (Fsp3) is 0. The number of carbonyl (C=O) groups excluding carboxylic acids is 1. The molecule has 1 atom stereocenters. The lowest BCUT2D eigenvalue weighted by Gasteiger charge is -2.09. The Hall–Kier alpha value is 0.0400. The maximum atomic E-state index is 10.3. The van der Waals surface area contributed by atoms with Crippen molar-refractivity contribution in [2.75, 3.05) is 0 Å². The maximum Gasteiger partial charge on any atom is 0.449 e. The van der Waals surface area contributed by atoms with Crippen molar-refractivity contribution in [1.29, 1.82) is 0 Å². The molecule has 60 valence electrons. The molecule has 0 aromatic rings. The number of thiol groups is 2. The molecule has 0 rings (SSSR count). The Morgan fingerprint density at radius 3 is 2.50 bits per heavy atom. The van der Waals surface area contributed by atoms with Gasteiger partial charge in [0.05, 0.1) is 11.3 Å². The van der Waals surface area contributed by atoms with Crippen LogP contribution in [0.15, 0.2) is 0 Å². The van der Waals surface area contributed by atoms with Gasteiger partial charge >= 0.3 is 6.09 Å². The second-order valence-corrected chi connectivity index (χ2v) is 2.73. The summed E-state index contributed by atoms with van der Waals surface area (Å²) in [6.45, 7) is 0. The number of rotatable bonds is 2. The monoisotopic (exact) mass is 203 g/mol. The van der Waals surface area contributed by atoms with Crippen LogP contribution in [0.3, 0.4) is 0 Å². The molecule has 0 aliphatic carbocycles. The molecule has 0 aromatic carbocycles. The first kappa shape index (κ1) is 10.0. The number of amides is 1. The Bertz CT molecular complexity index is 147. The fourth-order valence-electron chi connectivity index (χ4n) is 0.110. The van der Waals surface area contributed by atoms with Gasteiger partial charge in [-0.15, -0.1) is 0 Å². The lowest BCUT2D eigenvalue weighted by atomic mass is 11.3. The van der Waals surface area contributed by atoms with Gasteiger partial charge in [0.15, 0.2) is 0 Å². The smallest absolute Gasteiger partial charge is 0.449 e. The van der Waals surface area contributed by atoms with Gasteiger partial charge in [-0.25, -0.2) is 4.79 Å². The standard InChI is InChI=1S/CH4N2O4S3/c4-1(3(8)9)7-2-10(5)6/h2,8-9H,(H,5,6)/p-1. The van der Waals surface area contributed by atoms with Gasteiger partial charge < -0.3 is 9.39 Å². The SMILES string of the molecule is O=C(ONS(=O)[O-])N(S)S. The van der Waals surface area contributed by atoms with Crippen molar-refractivity contribution in [3.8, 4) is 0 Å². The summed E-state index contributed by atoms with van der Waals surface area (Å²) >= 11 is 4.11. The molecule has 1 unspecified atom stereocenters. The molecule has 0 fully saturated rings. The van der Waals surface area contributed by atoms with Crippen LogP contribution in [-0.4, -0.2) is 18.6 Å². The third-order valence-electron chi connectivity index (χ3n) is 0.360. The fourth-order valence-corrected chi connectivity index (χ4v) is 0.331. The highest BCUT2D eigenvalue weighted by Gasteiger charge is 2.05. The quantitative estimate of drug-likeness (QED) is 0.318. The molecule has 0 heterocycles. The summed E-state index contributed by atoms with van der Waals surface area (Å²) in [5, 5.41) is 0. The number of nitrogens with zero attached hydrogens (tertiary/aromatic N) is 1. The normalized spacial score (nSPS) is 12.3. The van der Waals surface area contributed by atoms with Crippen molar-refractivity contribution >= 4 is 43.0 Å². The minimum absolute atomic E-state index is 0.472. The molecule has 10 heavy (non-hydrogen) atoms. The van der Waals surface area contributed by atoms with Crippen LogP contribution < -0.4 is 4.89 Å². The molecule has 0 saturated heterocycles. The van der Waals surface area contributed by atoms with E-state index in [1.807, 2.05) is 0 Å². The lowest BCUT2D eigenvalue weighted by Crippen LogP contribution is -2.25. The summed E-state index contributed by atoms with van der Waals surface area (Å²) in [7, 11) is 0. The van der Waals surface area contributed by atoms with E-state index in [4.69, 9.17) is 0 Å². The van der Waals surface area contributed by atoms with Crippen molar-refractivity contribution in [3.63, 3.8) is 0 Å². The summed E-state index contributed by atoms with van der Waals surface area (Å²) in [5.41, 5.74) is 0. The van der Waals surface area contributed by atoms with Crippen LogP contribution >= 0.6 is 25.6 Å². The molecule has 0 aliphatic rings. The van der Waals surface area contributed by atoms with Gasteiger partial charge in [-0.05, 0) is 25.6 Å². The van der Waals surface area contributed by atoms with Crippen LogP contribution in [0.1, 0.15) is 0 Å². The molecule has 0 aliphatic heterocycles. The zero-order valence-electron chi connectivity index (χ0n) is 4.38. The molecule has 1 N–H and O–H groups in total. The molecule has 9 heteroatoms. The minimum atomic E-state index is -2.64. The van der Waals surface area contributed by atoms with Crippen LogP contribution in [0.5, 0.6) is 0 Å². The summed E-state index contributed by atoms with van der Waals surface area (Å²) < 4.78 is 19.8. The highest BCUT2D eigenvalue weighted by Crippen LogP contribution is 1.98. The highest BCUT2D eigenvalue weighted by molar-refractivity contribution is 7.94. The summed E-state index contributed by atoms with van der Waals surface area (Å²) in [4.78, 5) is 15.5. The van der Waals surface area contributed by atoms with Gasteiger partial charge in [0.25, 0.3) is 0 Å². The van der Waals surface area contributed by atoms with E-state index in [1.165, 1.54) is 4.89 Å². The van der Waals surface area contributed by atoms with E-state index in [1.54, 1.807) is 0 Å². The summed E-state index contributed by atoms with van der Waals surface area (Å²) in [5.74, 6) is 0. The van der Waals surface area contributed by atoms with Crippen molar-refractivity contribution in [3.05, 3.63) is 0 Å². The van der Waals surface area contributed by atoms with Gasteiger partial charge in [0.1, 0.15) is 0 Å². The first-order valence-electron chi connectivity index (χ1n) is 1.77. The van der Waals surface area contributed by atoms with E-state index in [0.29, 0.717) is 3.71 Å². The predicted octanol–water partition coefficient (Wildman–Crippen LogP) is -0.587. The molecular weight excluding hydrogens is 200 g/mol. The van der Waals surface area contributed by atoms with Gasteiger partial charge in [-0.2, -0.15) is 3.71 Å². The number of hydrogen-bond acceptors (Lipinski definition) is 6. The van der Waals surface area contributed by atoms with Crippen molar-refractivity contribution in [2.45, 2.75) is 0 Å². The Morgan fingerprint density at radius 1 is 1.70 bits per heavy atom. The first-order valence-corrected chi connectivity index (χ1v) is 3.65. The Morgan fingerprint density at radius 2 is 2.20 bits per heavy atom. The second kappa shape index (κ2) is 4.79. The van der Waals surface area contributed by atoms with Crippen LogP contribution in [-0.2, 0) is 16.1 Å². The molecule has 1 amide bonds.